The van der Waals surface area contributed by atoms with Crippen molar-refractivity contribution in [1.29, 1.82) is 0 Å². The fourth-order valence-corrected chi connectivity index (χ4v) is 4.02. The average Bonchev–Trinajstić information content (AvgIpc) is 3.14. The van der Waals surface area contributed by atoms with Crippen LogP contribution in [0.5, 0.6) is 0 Å². The molecule has 1 N–H and O–H groups in total. The van der Waals surface area contributed by atoms with E-state index in [1.807, 2.05) is 0 Å². The van der Waals surface area contributed by atoms with Gasteiger partial charge in [0.1, 0.15) is 5.60 Å². The summed E-state index contributed by atoms with van der Waals surface area (Å²) >= 11 is 0. The highest BCUT2D eigenvalue weighted by atomic mass is 16.6. The first-order valence-electron chi connectivity index (χ1n) is 7.47. The number of non-ortho nitro benzene ring substituents is 1. The lowest BCUT2D eigenvalue weighted by molar-refractivity contribution is -0.384. The molecule has 0 unspecified atom stereocenters. The minimum absolute atomic E-state index is 0.123. The van der Waals surface area contributed by atoms with Crippen molar-refractivity contribution in [3.63, 3.8) is 0 Å². The van der Waals surface area contributed by atoms with E-state index >= 15 is 0 Å². The molecular weight excluding hydrogens is 316 g/mol. The van der Waals surface area contributed by atoms with Gasteiger partial charge in [0.2, 0.25) is 11.8 Å². The van der Waals surface area contributed by atoms with Crippen molar-refractivity contribution < 1.29 is 24.4 Å². The van der Waals surface area contributed by atoms with Crippen LogP contribution in [0.1, 0.15) is 6.92 Å². The summed E-state index contributed by atoms with van der Waals surface area (Å²) in [5.74, 6) is -2.38. The number of benzene rings is 1. The molecule has 124 valence electrons. The van der Waals surface area contributed by atoms with E-state index in [-0.39, 0.29) is 11.4 Å². The van der Waals surface area contributed by atoms with Gasteiger partial charge in [-0.3, -0.25) is 19.7 Å². The number of aliphatic hydroxyl groups is 1. The Labute approximate surface area is 136 Å². The Kier molecular flexibility index (Phi) is 2.80. The molecule has 2 saturated heterocycles. The van der Waals surface area contributed by atoms with Crippen LogP contribution in [-0.4, -0.2) is 39.7 Å². The Balaban J connectivity index is 1.75. The van der Waals surface area contributed by atoms with Crippen molar-refractivity contribution in [1.82, 2.24) is 0 Å². The van der Waals surface area contributed by atoms with Crippen molar-refractivity contribution in [3.05, 3.63) is 46.5 Å². The number of rotatable bonds is 3. The van der Waals surface area contributed by atoms with E-state index in [9.17, 15) is 24.8 Å². The van der Waals surface area contributed by atoms with Gasteiger partial charge in [-0.1, -0.05) is 12.2 Å². The Morgan fingerprint density at radius 2 is 1.83 bits per heavy atom. The highest BCUT2D eigenvalue weighted by Crippen LogP contribution is 2.57. The Hall–Kier alpha value is -2.58. The second-order valence-electron chi connectivity index (χ2n) is 6.47. The number of nitro groups is 1. The maximum absolute atomic E-state index is 12.9. The molecule has 24 heavy (non-hydrogen) atoms. The highest BCUT2D eigenvalue weighted by Gasteiger charge is 2.72. The largest absolute Gasteiger partial charge is 0.393 e. The summed E-state index contributed by atoms with van der Waals surface area (Å²) in [4.78, 5) is 36.9. The number of nitro benzene ring substituents is 1. The van der Waals surface area contributed by atoms with Crippen molar-refractivity contribution in [2.45, 2.75) is 18.1 Å². The second kappa shape index (κ2) is 4.49. The lowest BCUT2D eigenvalue weighted by Gasteiger charge is -2.26. The standard InChI is InChI=1S/C16H14N2O6/c1-15-6-7-16(8-19,24-15)12-11(15)13(20)17(14(12)21)9-2-4-10(5-3-9)18(22)23/h2-7,11-12,19H,8H2,1H3/t11-,12-,15+,16+/m1/s1. The summed E-state index contributed by atoms with van der Waals surface area (Å²) in [5.41, 5.74) is -1.96. The number of carbonyl (C=O) groups excluding carboxylic acids is 2. The van der Waals surface area contributed by atoms with Crippen molar-refractivity contribution >= 4 is 23.2 Å². The summed E-state index contributed by atoms with van der Waals surface area (Å²) in [6.07, 6.45) is 3.37. The van der Waals surface area contributed by atoms with Gasteiger partial charge in [0.25, 0.3) is 5.69 Å². The van der Waals surface area contributed by atoms with Gasteiger partial charge < -0.3 is 9.84 Å². The van der Waals surface area contributed by atoms with Crippen LogP contribution in [0.25, 0.3) is 0 Å². The normalized spacial score (nSPS) is 36.5. The first-order valence-corrected chi connectivity index (χ1v) is 7.47. The predicted octanol–water partition coefficient (Wildman–Crippen LogP) is 0.790. The van der Waals surface area contributed by atoms with Crippen LogP contribution < -0.4 is 4.90 Å². The van der Waals surface area contributed by atoms with Crippen molar-refractivity contribution in [2.75, 3.05) is 11.5 Å². The fraction of sp³-hybridized carbons (Fsp3) is 0.375. The number of imide groups is 1. The smallest absolute Gasteiger partial charge is 0.269 e. The number of fused-ring (bicyclic) bond motifs is 5. The minimum Gasteiger partial charge on any atom is -0.393 e. The van der Waals surface area contributed by atoms with Crippen molar-refractivity contribution in [2.24, 2.45) is 11.8 Å². The lowest BCUT2D eigenvalue weighted by atomic mass is 9.73. The zero-order valence-electron chi connectivity index (χ0n) is 12.7. The van der Waals surface area contributed by atoms with E-state index < -0.39 is 46.4 Å². The molecule has 3 aliphatic rings. The maximum Gasteiger partial charge on any atom is 0.269 e. The predicted molar refractivity (Wildman–Crippen MR) is 81.0 cm³/mol. The molecule has 0 spiro atoms. The zero-order chi connectivity index (χ0) is 17.3. The van der Waals surface area contributed by atoms with Gasteiger partial charge in [-0.15, -0.1) is 0 Å². The Morgan fingerprint density at radius 1 is 1.21 bits per heavy atom. The molecule has 3 aliphatic heterocycles. The Bertz CT molecular complexity index is 803. The van der Waals surface area contributed by atoms with Gasteiger partial charge in [-0.2, -0.15) is 0 Å². The molecular formula is C16H14N2O6. The molecule has 3 heterocycles. The Morgan fingerprint density at radius 3 is 2.42 bits per heavy atom. The van der Waals surface area contributed by atoms with Crippen LogP contribution in [0.4, 0.5) is 11.4 Å². The van der Waals surface area contributed by atoms with Gasteiger partial charge in [0.15, 0.2) is 0 Å². The van der Waals surface area contributed by atoms with E-state index in [1.165, 1.54) is 24.3 Å². The third-order valence-corrected chi connectivity index (χ3v) is 5.12. The fourth-order valence-electron chi connectivity index (χ4n) is 4.02. The molecule has 2 bridgehead atoms. The molecule has 2 fully saturated rings. The summed E-state index contributed by atoms with van der Waals surface area (Å²) in [5, 5.41) is 20.5. The molecule has 0 radical (unpaired) electrons. The summed E-state index contributed by atoms with van der Waals surface area (Å²) in [7, 11) is 0. The SMILES string of the molecule is C[C@@]12C=C[C@@](CO)(O1)[C@H]1C(=O)N(c3ccc([N+](=O)[O-])cc3)C(=O)[C@@H]12. The molecule has 4 atom stereocenters. The van der Waals surface area contributed by atoms with Crippen LogP contribution in [0.3, 0.4) is 0 Å². The van der Waals surface area contributed by atoms with E-state index in [2.05, 4.69) is 0 Å². The molecule has 0 aromatic heterocycles. The number of ether oxygens (including phenoxy) is 1. The number of anilines is 1. The number of aliphatic hydroxyl groups excluding tert-OH is 1. The van der Waals surface area contributed by atoms with Crippen LogP contribution in [0.15, 0.2) is 36.4 Å². The number of hydrogen-bond acceptors (Lipinski definition) is 6. The molecule has 1 aromatic carbocycles. The summed E-state index contributed by atoms with van der Waals surface area (Å²) < 4.78 is 5.82. The maximum atomic E-state index is 12.9. The summed E-state index contributed by atoms with van der Waals surface area (Å²) in [6, 6.07) is 5.24. The van der Waals surface area contributed by atoms with Crippen LogP contribution in [-0.2, 0) is 14.3 Å². The van der Waals surface area contributed by atoms with Crippen LogP contribution in [0.2, 0.25) is 0 Å². The van der Waals surface area contributed by atoms with E-state index in [4.69, 9.17) is 4.74 Å². The topological polar surface area (TPSA) is 110 Å². The van der Waals surface area contributed by atoms with Crippen LogP contribution >= 0.6 is 0 Å². The number of carbonyl (C=O) groups is 2. The molecule has 1 aromatic rings. The first-order chi connectivity index (χ1) is 11.3. The van der Waals surface area contributed by atoms with Gasteiger partial charge in [0, 0.05) is 12.1 Å². The van der Waals surface area contributed by atoms with Crippen molar-refractivity contribution in [3.8, 4) is 0 Å². The zero-order valence-corrected chi connectivity index (χ0v) is 12.7. The van der Waals surface area contributed by atoms with E-state index in [1.54, 1.807) is 19.1 Å². The van der Waals surface area contributed by atoms with E-state index in [0.29, 0.717) is 0 Å². The molecule has 2 amide bonds. The summed E-state index contributed by atoms with van der Waals surface area (Å²) in [6.45, 7) is 1.32. The molecule has 8 heteroatoms. The molecule has 0 aliphatic carbocycles. The molecule has 8 nitrogen and oxygen atoms in total. The first kappa shape index (κ1) is 15.0. The van der Waals surface area contributed by atoms with Gasteiger partial charge in [-0.25, -0.2) is 4.90 Å². The number of hydrogen-bond donors (Lipinski definition) is 1. The molecule has 0 saturated carbocycles. The number of amides is 2. The number of nitrogens with zero attached hydrogens (tertiary/aromatic N) is 2. The monoisotopic (exact) mass is 330 g/mol. The quantitative estimate of drug-likeness (QED) is 0.380. The van der Waals surface area contributed by atoms with Gasteiger partial charge in [-0.05, 0) is 19.1 Å². The lowest BCUT2D eigenvalue weighted by Crippen LogP contribution is -2.43. The second-order valence-corrected chi connectivity index (χ2v) is 6.47. The average molecular weight is 330 g/mol. The van der Waals surface area contributed by atoms with Gasteiger partial charge >= 0.3 is 0 Å². The molecule has 4 rings (SSSR count). The van der Waals surface area contributed by atoms with E-state index in [0.717, 1.165) is 4.90 Å². The third-order valence-electron chi connectivity index (χ3n) is 5.12. The van der Waals surface area contributed by atoms with Crippen LogP contribution in [0, 0.1) is 22.0 Å². The third kappa shape index (κ3) is 1.64. The minimum atomic E-state index is -1.18. The highest BCUT2D eigenvalue weighted by molar-refractivity contribution is 6.23. The van der Waals surface area contributed by atoms with Gasteiger partial charge in [0.05, 0.1) is 34.7 Å².